The molecule has 1 aromatic rings. The summed E-state index contributed by atoms with van der Waals surface area (Å²) in [6, 6.07) is 5.06. The molecule has 2 N–H and O–H groups in total. The molecular weight excluding hydrogens is 286 g/mol. The van der Waals surface area contributed by atoms with Crippen molar-refractivity contribution < 1.29 is 14.6 Å². The summed E-state index contributed by atoms with van der Waals surface area (Å²) in [4.78, 5) is 11.0. The summed E-state index contributed by atoms with van der Waals surface area (Å²) < 4.78 is 5.88. The third-order valence-corrected chi connectivity index (χ3v) is 2.80. The van der Waals surface area contributed by atoms with Crippen LogP contribution in [0.4, 0.5) is 5.69 Å². The number of aromatic carboxylic acids is 1. The van der Waals surface area contributed by atoms with Crippen molar-refractivity contribution in [2.45, 2.75) is 6.92 Å². The number of benzene rings is 1. The van der Waals surface area contributed by atoms with E-state index in [0.717, 1.165) is 4.47 Å². The molecule has 0 saturated heterocycles. The van der Waals surface area contributed by atoms with Crippen molar-refractivity contribution in [1.29, 1.82) is 0 Å². The summed E-state index contributed by atoms with van der Waals surface area (Å²) in [6.45, 7) is 3.35. The van der Waals surface area contributed by atoms with Crippen LogP contribution in [0.3, 0.4) is 0 Å². The Morgan fingerprint density at radius 3 is 2.88 bits per heavy atom. The van der Waals surface area contributed by atoms with Gasteiger partial charge in [-0.2, -0.15) is 0 Å². The number of rotatable bonds is 6. The Bertz CT molecular complexity index is 395. The number of nitrogens with one attached hydrogen (secondary N) is 1. The summed E-state index contributed by atoms with van der Waals surface area (Å²) in [6.07, 6.45) is 0. The van der Waals surface area contributed by atoms with Crippen molar-refractivity contribution in [1.82, 2.24) is 0 Å². The smallest absolute Gasteiger partial charge is 0.337 e. The molecule has 0 bridgehead atoms. The predicted molar refractivity (Wildman–Crippen MR) is 70.6 cm³/mol. The molecule has 1 rings (SSSR count). The summed E-state index contributed by atoms with van der Waals surface area (Å²) in [5, 5.41) is 12.2. The van der Waals surface area contributed by atoms with Gasteiger partial charge in [-0.15, -0.1) is 0 Å². The van der Waals surface area contributed by atoms with Gasteiger partial charge in [0.25, 0.3) is 0 Å². The number of carbonyl (C=O) groups is 1. The highest BCUT2D eigenvalue weighted by Crippen LogP contribution is 2.21. The quantitative estimate of drug-likeness (QED) is 0.848. The maximum Gasteiger partial charge on any atom is 0.337 e. The second kappa shape index (κ2) is 6.61. The van der Waals surface area contributed by atoms with Crippen molar-refractivity contribution in [2.24, 2.45) is 5.92 Å². The molecule has 0 heterocycles. The fraction of sp³-hybridized carbons (Fsp3) is 0.417. The van der Waals surface area contributed by atoms with E-state index < -0.39 is 5.97 Å². The molecule has 0 aliphatic rings. The van der Waals surface area contributed by atoms with Crippen LogP contribution in [0.15, 0.2) is 22.7 Å². The van der Waals surface area contributed by atoms with Crippen LogP contribution in [-0.2, 0) is 4.74 Å². The molecule has 0 aliphatic heterocycles. The number of anilines is 1. The largest absolute Gasteiger partial charge is 0.478 e. The van der Waals surface area contributed by atoms with Crippen molar-refractivity contribution in [3.63, 3.8) is 0 Å². The zero-order valence-corrected chi connectivity index (χ0v) is 11.5. The van der Waals surface area contributed by atoms with E-state index in [2.05, 4.69) is 21.2 Å². The monoisotopic (exact) mass is 301 g/mol. The third kappa shape index (κ3) is 4.36. The van der Waals surface area contributed by atoms with Crippen LogP contribution in [0.1, 0.15) is 17.3 Å². The maximum atomic E-state index is 11.0. The lowest BCUT2D eigenvalue weighted by molar-refractivity contribution is 0.0698. The molecule has 1 aromatic carbocycles. The van der Waals surface area contributed by atoms with E-state index in [4.69, 9.17) is 9.84 Å². The Labute approximate surface area is 109 Å². The molecular formula is C12H16BrNO3. The zero-order chi connectivity index (χ0) is 12.8. The maximum absolute atomic E-state index is 11.0. The van der Waals surface area contributed by atoms with Crippen molar-refractivity contribution in [3.05, 3.63) is 28.2 Å². The molecule has 1 atom stereocenters. The first-order valence-electron chi connectivity index (χ1n) is 5.30. The molecule has 5 heteroatoms. The molecule has 1 unspecified atom stereocenters. The Morgan fingerprint density at radius 1 is 1.59 bits per heavy atom. The van der Waals surface area contributed by atoms with E-state index in [-0.39, 0.29) is 5.56 Å². The predicted octanol–water partition coefficient (Wildman–Crippen LogP) is 2.84. The number of hydrogen-bond acceptors (Lipinski definition) is 3. The third-order valence-electron chi connectivity index (χ3n) is 2.30. The summed E-state index contributed by atoms with van der Waals surface area (Å²) in [5.74, 6) is -0.611. The van der Waals surface area contributed by atoms with Gasteiger partial charge in [0, 0.05) is 23.8 Å². The van der Waals surface area contributed by atoms with Gasteiger partial charge in [0.1, 0.15) is 0 Å². The van der Waals surface area contributed by atoms with E-state index in [1.54, 1.807) is 25.3 Å². The van der Waals surface area contributed by atoms with Gasteiger partial charge < -0.3 is 15.2 Å². The molecule has 0 spiro atoms. The summed E-state index contributed by atoms with van der Waals surface area (Å²) in [5.41, 5.74) is 0.896. The van der Waals surface area contributed by atoms with E-state index in [9.17, 15) is 4.79 Å². The Kier molecular flexibility index (Phi) is 5.44. The molecule has 0 aromatic heterocycles. The van der Waals surface area contributed by atoms with Crippen LogP contribution in [0, 0.1) is 5.92 Å². The Balaban J connectivity index is 2.75. The first-order chi connectivity index (χ1) is 8.04. The van der Waals surface area contributed by atoms with E-state index in [1.807, 2.05) is 6.92 Å². The van der Waals surface area contributed by atoms with Gasteiger partial charge in [-0.05, 0) is 24.1 Å². The van der Waals surface area contributed by atoms with Crippen LogP contribution in [0.25, 0.3) is 0 Å². The summed E-state index contributed by atoms with van der Waals surface area (Å²) in [7, 11) is 1.65. The van der Waals surface area contributed by atoms with Gasteiger partial charge in [-0.1, -0.05) is 22.9 Å². The highest BCUT2D eigenvalue weighted by atomic mass is 79.9. The minimum absolute atomic E-state index is 0.276. The van der Waals surface area contributed by atoms with E-state index in [1.165, 1.54) is 0 Å². The van der Waals surface area contributed by atoms with E-state index in [0.29, 0.717) is 24.8 Å². The van der Waals surface area contributed by atoms with Crippen molar-refractivity contribution >= 4 is 27.6 Å². The molecule has 0 amide bonds. The number of carboxylic acids is 1. The lowest BCUT2D eigenvalue weighted by Gasteiger charge is -2.14. The average Bonchev–Trinajstić information content (AvgIpc) is 2.26. The molecule has 0 fully saturated rings. The molecule has 4 nitrogen and oxygen atoms in total. The van der Waals surface area contributed by atoms with Crippen molar-refractivity contribution in [3.8, 4) is 0 Å². The minimum Gasteiger partial charge on any atom is -0.478 e. The van der Waals surface area contributed by atoms with Gasteiger partial charge in [-0.25, -0.2) is 4.79 Å². The average molecular weight is 302 g/mol. The zero-order valence-electron chi connectivity index (χ0n) is 9.87. The molecule has 0 saturated carbocycles. The lowest BCUT2D eigenvalue weighted by atomic mass is 10.1. The van der Waals surface area contributed by atoms with Crippen LogP contribution < -0.4 is 5.32 Å². The van der Waals surface area contributed by atoms with Gasteiger partial charge in [0.05, 0.1) is 12.2 Å². The van der Waals surface area contributed by atoms with Gasteiger partial charge in [-0.3, -0.25) is 0 Å². The van der Waals surface area contributed by atoms with Gasteiger partial charge in [0.2, 0.25) is 0 Å². The fourth-order valence-corrected chi connectivity index (χ4v) is 1.84. The first kappa shape index (κ1) is 14.0. The molecule has 0 aliphatic carbocycles. The molecule has 17 heavy (non-hydrogen) atoms. The Morgan fingerprint density at radius 2 is 2.29 bits per heavy atom. The van der Waals surface area contributed by atoms with E-state index >= 15 is 0 Å². The number of carboxylic acid groups (broad SMARTS) is 1. The standard InChI is InChI=1S/C12H16BrNO3/c1-8(7-17-2)6-14-11-5-9(13)3-4-10(11)12(15)16/h3-5,8,14H,6-7H2,1-2H3,(H,15,16). The topological polar surface area (TPSA) is 58.6 Å². The second-order valence-electron chi connectivity index (χ2n) is 3.94. The summed E-state index contributed by atoms with van der Waals surface area (Å²) >= 11 is 3.33. The van der Waals surface area contributed by atoms with Crippen LogP contribution >= 0.6 is 15.9 Å². The Hall–Kier alpha value is -1.07. The highest BCUT2D eigenvalue weighted by Gasteiger charge is 2.11. The number of ether oxygens (including phenoxy) is 1. The van der Waals surface area contributed by atoms with Crippen LogP contribution in [0.5, 0.6) is 0 Å². The fourth-order valence-electron chi connectivity index (χ4n) is 1.48. The van der Waals surface area contributed by atoms with Crippen LogP contribution in [-0.4, -0.2) is 31.3 Å². The minimum atomic E-state index is -0.931. The first-order valence-corrected chi connectivity index (χ1v) is 6.09. The lowest BCUT2D eigenvalue weighted by Crippen LogP contribution is -2.17. The number of halogens is 1. The molecule has 0 radical (unpaired) electrons. The number of hydrogen-bond donors (Lipinski definition) is 2. The number of methoxy groups -OCH3 is 1. The highest BCUT2D eigenvalue weighted by molar-refractivity contribution is 9.10. The molecule has 94 valence electrons. The van der Waals surface area contributed by atoms with Gasteiger partial charge in [0.15, 0.2) is 0 Å². The van der Waals surface area contributed by atoms with Gasteiger partial charge >= 0.3 is 5.97 Å². The van der Waals surface area contributed by atoms with Crippen LogP contribution in [0.2, 0.25) is 0 Å². The van der Waals surface area contributed by atoms with Crippen molar-refractivity contribution in [2.75, 3.05) is 25.6 Å². The normalized spacial score (nSPS) is 12.2. The second-order valence-corrected chi connectivity index (χ2v) is 4.85. The SMILES string of the molecule is COCC(C)CNc1cc(Br)ccc1C(=O)O.